The molecule has 1 aromatic heterocycles. The van der Waals surface area contributed by atoms with E-state index in [1.165, 1.54) is 0 Å². The van der Waals surface area contributed by atoms with Gasteiger partial charge >= 0.3 is 0 Å². The molecule has 0 aliphatic rings. The lowest BCUT2D eigenvalue weighted by Crippen LogP contribution is -2.36. The molecular weight excluding hydrogens is 254 g/mol. The van der Waals surface area contributed by atoms with Gasteiger partial charge in [-0.2, -0.15) is 0 Å². The Kier molecular flexibility index (Phi) is 6.75. The highest BCUT2D eigenvalue weighted by molar-refractivity contribution is 5.75. The number of aromatic nitrogens is 1. The Morgan fingerprint density at radius 1 is 1.40 bits per heavy atom. The van der Waals surface area contributed by atoms with Crippen LogP contribution in [0.5, 0.6) is 0 Å². The van der Waals surface area contributed by atoms with E-state index >= 15 is 0 Å². The van der Waals surface area contributed by atoms with Crippen LogP contribution in [-0.4, -0.2) is 36.3 Å². The molecule has 1 rings (SSSR count). The van der Waals surface area contributed by atoms with E-state index in [-0.39, 0.29) is 11.4 Å². The van der Waals surface area contributed by atoms with Crippen molar-refractivity contribution < 1.29 is 9.53 Å². The van der Waals surface area contributed by atoms with E-state index in [0.717, 1.165) is 18.7 Å². The third kappa shape index (κ3) is 6.73. The molecule has 0 unspecified atom stereocenters. The zero-order valence-electron chi connectivity index (χ0n) is 13.0. The van der Waals surface area contributed by atoms with Gasteiger partial charge in [-0.15, -0.1) is 0 Å². The zero-order valence-corrected chi connectivity index (χ0v) is 13.0. The van der Waals surface area contributed by atoms with E-state index in [2.05, 4.69) is 31.4 Å². The normalized spacial score (nSPS) is 11.6. The van der Waals surface area contributed by atoms with Crippen molar-refractivity contribution in [1.29, 1.82) is 0 Å². The van der Waals surface area contributed by atoms with Crippen molar-refractivity contribution in [3.8, 4) is 0 Å². The minimum atomic E-state index is 0.0364. The predicted octanol–water partition coefficient (Wildman–Crippen LogP) is 1.53. The molecule has 0 aliphatic carbocycles. The average molecular weight is 281 g/mol. The fourth-order valence-corrected chi connectivity index (χ4v) is 1.77. The molecule has 2 N–H and O–H groups in total. The summed E-state index contributed by atoms with van der Waals surface area (Å²) < 4.78 is 6.92. The average Bonchev–Trinajstić information content (AvgIpc) is 2.79. The van der Waals surface area contributed by atoms with Crippen molar-refractivity contribution >= 4 is 5.91 Å². The first-order valence-electron chi connectivity index (χ1n) is 7.07. The maximum absolute atomic E-state index is 11.8. The number of nitrogens with zero attached hydrogens (tertiary/aromatic N) is 1. The molecule has 0 saturated heterocycles. The van der Waals surface area contributed by atoms with E-state index in [1.807, 2.05) is 22.9 Å². The maximum Gasteiger partial charge on any atom is 0.239 e. The molecule has 20 heavy (non-hydrogen) atoms. The number of nitrogens with one attached hydrogen (secondary N) is 2. The van der Waals surface area contributed by atoms with Crippen LogP contribution in [0.25, 0.3) is 0 Å². The SMILES string of the molecule is COCCCNC(=O)Cn1cccc1CNC(C)(C)C. The van der Waals surface area contributed by atoms with Crippen molar-refractivity contribution in [3.63, 3.8) is 0 Å². The predicted molar refractivity (Wildman–Crippen MR) is 80.5 cm³/mol. The van der Waals surface area contributed by atoms with Crippen molar-refractivity contribution in [1.82, 2.24) is 15.2 Å². The molecule has 114 valence electrons. The van der Waals surface area contributed by atoms with E-state index in [0.29, 0.717) is 19.7 Å². The molecule has 0 radical (unpaired) electrons. The number of methoxy groups -OCH3 is 1. The molecule has 0 aromatic carbocycles. The smallest absolute Gasteiger partial charge is 0.239 e. The molecule has 0 spiro atoms. The molecular formula is C15H27N3O2. The van der Waals surface area contributed by atoms with Crippen molar-refractivity contribution in [2.75, 3.05) is 20.3 Å². The van der Waals surface area contributed by atoms with Crippen molar-refractivity contribution in [2.24, 2.45) is 0 Å². The fourth-order valence-electron chi connectivity index (χ4n) is 1.77. The number of hydrogen-bond donors (Lipinski definition) is 2. The molecule has 1 amide bonds. The van der Waals surface area contributed by atoms with Gasteiger partial charge in [0.1, 0.15) is 6.54 Å². The first-order valence-corrected chi connectivity index (χ1v) is 7.07. The largest absolute Gasteiger partial charge is 0.385 e. The quantitative estimate of drug-likeness (QED) is 0.711. The van der Waals surface area contributed by atoms with Gasteiger partial charge in [0.05, 0.1) is 0 Å². The molecule has 0 atom stereocenters. The molecule has 1 heterocycles. The first-order chi connectivity index (χ1) is 9.42. The van der Waals surface area contributed by atoms with Crippen molar-refractivity contribution in [2.45, 2.75) is 45.8 Å². The Bertz CT molecular complexity index is 407. The number of carbonyl (C=O) groups excluding carboxylic acids is 1. The Morgan fingerprint density at radius 2 is 2.15 bits per heavy atom. The molecule has 0 saturated carbocycles. The Balaban J connectivity index is 2.40. The van der Waals surface area contributed by atoms with E-state index in [9.17, 15) is 4.79 Å². The monoisotopic (exact) mass is 281 g/mol. The highest BCUT2D eigenvalue weighted by Gasteiger charge is 2.11. The van der Waals surface area contributed by atoms with Gasteiger partial charge in [0.15, 0.2) is 0 Å². The third-order valence-electron chi connectivity index (χ3n) is 2.88. The molecule has 0 aliphatic heterocycles. The molecule has 0 bridgehead atoms. The summed E-state index contributed by atoms with van der Waals surface area (Å²) in [6.45, 7) is 8.83. The number of ether oxygens (including phenoxy) is 1. The van der Waals surface area contributed by atoms with Crippen LogP contribution in [0.2, 0.25) is 0 Å². The summed E-state index contributed by atoms with van der Waals surface area (Å²) in [6, 6.07) is 4.01. The minimum absolute atomic E-state index is 0.0364. The van der Waals surface area contributed by atoms with Crippen LogP contribution in [0, 0.1) is 0 Å². The second-order valence-corrected chi connectivity index (χ2v) is 5.93. The van der Waals surface area contributed by atoms with Gasteiger partial charge in [0.2, 0.25) is 5.91 Å². The fraction of sp³-hybridized carbons (Fsp3) is 0.667. The Morgan fingerprint density at radius 3 is 2.80 bits per heavy atom. The van der Waals surface area contributed by atoms with Crippen LogP contribution in [0.1, 0.15) is 32.9 Å². The second-order valence-electron chi connectivity index (χ2n) is 5.93. The topological polar surface area (TPSA) is 55.3 Å². The van der Waals surface area contributed by atoms with E-state index in [1.54, 1.807) is 7.11 Å². The Labute approximate surface area is 121 Å². The molecule has 0 fully saturated rings. The summed E-state index contributed by atoms with van der Waals surface area (Å²) in [5, 5.41) is 6.32. The Hall–Kier alpha value is -1.33. The van der Waals surface area contributed by atoms with Gasteiger partial charge < -0.3 is 19.9 Å². The van der Waals surface area contributed by atoms with Gasteiger partial charge in [0.25, 0.3) is 0 Å². The van der Waals surface area contributed by atoms with Gasteiger partial charge in [-0.1, -0.05) is 0 Å². The van der Waals surface area contributed by atoms with E-state index in [4.69, 9.17) is 4.74 Å². The lowest BCUT2D eigenvalue weighted by atomic mass is 10.1. The summed E-state index contributed by atoms with van der Waals surface area (Å²) in [6.07, 6.45) is 2.78. The number of amides is 1. The van der Waals surface area contributed by atoms with Crippen LogP contribution < -0.4 is 10.6 Å². The molecule has 1 aromatic rings. The summed E-state index contributed by atoms with van der Waals surface area (Å²) in [7, 11) is 1.66. The molecule has 5 heteroatoms. The highest BCUT2D eigenvalue weighted by Crippen LogP contribution is 2.06. The van der Waals surface area contributed by atoms with Crippen LogP contribution in [-0.2, 0) is 22.6 Å². The first kappa shape index (κ1) is 16.7. The number of hydrogen-bond acceptors (Lipinski definition) is 3. The summed E-state index contributed by atoms with van der Waals surface area (Å²) in [4.78, 5) is 11.8. The lowest BCUT2D eigenvalue weighted by Gasteiger charge is -2.21. The summed E-state index contributed by atoms with van der Waals surface area (Å²) >= 11 is 0. The van der Waals surface area contributed by atoms with Crippen LogP contribution in [0.4, 0.5) is 0 Å². The number of rotatable bonds is 8. The van der Waals surface area contributed by atoms with Crippen LogP contribution in [0.15, 0.2) is 18.3 Å². The maximum atomic E-state index is 11.8. The van der Waals surface area contributed by atoms with Gasteiger partial charge in [-0.3, -0.25) is 4.79 Å². The lowest BCUT2D eigenvalue weighted by molar-refractivity contribution is -0.121. The third-order valence-corrected chi connectivity index (χ3v) is 2.88. The minimum Gasteiger partial charge on any atom is -0.385 e. The summed E-state index contributed by atoms with van der Waals surface area (Å²) in [5.74, 6) is 0.0364. The van der Waals surface area contributed by atoms with Gasteiger partial charge in [-0.25, -0.2) is 0 Å². The van der Waals surface area contributed by atoms with Gasteiger partial charge in [-0.05, 0) is 39.3 Å². The van der Waals surface area contributed by atoms with Gasteiger partial charge in [0, 0.05) is 44.2 Å². The molecule has 5 nitrogen and oxygen atoms in total. The van der Waals surface area contributed by atoms with E-state index < -0.39 is 0 Å². The zero-order chi connectivity index (χ0) is 15.0. The van der Waals surface area contributed by atoms with Crippen LogP contribution in [0.3, 0.4) is 0 Å². The highest BCUT2D eigenvalue weighted by atomic mass is 16.5. The summed E-state index contributed by atoms with van der Waals surface area (Å²) in [5.41, 5.74) is 1.18. The van der Waals surface area contributed by atoms with Crippen LogP contribution >= 0.6 is 0 Å². The van der Waals surface area contributed by atoms with Crippen molar-refractivity contribution in [3.05, 3.63) is 24.0 Å². The second kappa shape index (κ2) is 8.07. The standard InChI is InChI=1S/C15H27N3O2/c1-15(2,3)17-11-13-7-5-9-18(13)12-14(19)16-8-6-10-20-4/h5,7,9,17H,6,8,10-12H2,1-4H3,(H,16,19). The number of carbonyl (C=O) groups is 1.